The Morgan fingerprint density at radius 2 is 1.40 bits per heavy atom. The number of hydrogen-bond acceptors (Lipinski definition) is 4. The average Bonchev–Trinajstić information content (AvgIpc) is 2.89. The van der Waals surface area contributed by atoms with Gasteiger partial charge in [-0.2, -0.15) is 0 Å². The van der Waals surface area contributed by atoms with Gasteiger partial charge in [0.05, 0.1) is 0 Å². The lowest BCUT2D eigenvalue weighted by Gasteiger charge is -2.24. The summed E-state index contributed by atoms with van der Waals surface area (Å²) in [5.41, 5.74) is 1.56. The molecule has 3 aromatic carbocycles. The second-order valence-electron chi connectivity index (χ2n) is 11.1. The molecule has 8 heteroatoms. The van der Waals surface area contributed by atoms with Gasteiger partial charge in [-0.3, -0.25) is 19.2 Å². The summed E-state index contributed by atoms with van der Waals surface area (Å²) in [4.78, 5) is 50.9. The number of aryl methyl sites for hydroxylation is 1. The Kier molecular flexibility index (Phi) is 10.8. The van der Waals surface area contributed by atoms with Crippen LogP contribution in [0.1, 0.15) is 58.1 Å². The van der Waals surface area contributed by atoms with Crippen molar-refractivity contribution in [3.63, 3.8) is 0 Å². The Bertz CT molecular complexity index is 1310. The standard InChI is InChI=1S/C32H40N4O4/c1-22(31(40)33-21-25-15-10-14-24-13-8-9-16-27(24)25)34-29(38)19-26(20-30(39)36-32(2,3)4)35-28(37)18-17-23-11-6-5-7-12-23/h5-16,22,26H,17-21H2,1-4H3,(H,33,40)(H,34,38)(H,35,37)(H,36,39)/t22-,26-/m0/s1. The van der Waals surface area contributed by atoms with Crippen molar-refractivity contribution in [2.75, 3.05) is 0 Å². The highest BCUT2D eigenvalue weighted by atomic mass is 16.2. The fourth-order valence-corrected chi connectivity index (χ4v) is 4.44. The molecular weight excluding hydrogens is 504 g/mol. The van der Waals surface area contributed by atoms with Crippen molar-refractivity contribution in [3.8, 4) is 0 Å². The summed E-state index contributed by atoms with van der Waals surface area (Å²) in [6, 6.07) is 22.0. The maximum absolute atomic E-state index is 12.9. The van der Waals surface area contributed by atoms with Crippen molar-refractivity contribution in [2.45, 2.75) is 77.5 Å². The Balaban J connectivity index is 1.55. The first-order valence-corrected chi connectivity index (χ1v) is 13.7. The SMILES string of the molecule is C[C@H](NC(=O)C[C@@H](CC(=O)NC(C)(C)C)NC(=O)CCc1ccccc1)C(=O)NCc1cccc2ccccc12. The Morgan fingerprint density at radius 3 is 2.12 bits per heavy atom. The minimum atomic E-state index is -0.791. The molecule has 0 bridgehead atoms. The van der Waals surface area contributed by atoms with Gasteiger partial charge in [0.2, 0.25) is 23.6 Å². The fraction of sp³-hybridized carbons (Fsp3) is 0.375. The van der Waals surface area contributed by atoms with Crippen LogP contribution < -0.4 is 21.3 Å². The maximum Gasteiger partial charge on any atom is 0.242 e. The lowest BCUT2D eigenvalue weighted by atomic mass is 10.0. The van der Waals surface area contributed by atoms with Crippen LogP contribution in [-0.4, -0.2) is 41.3 Å². The first-order valence-electron chi connectivity index (χ1n) is 13.7. The van der Waals surface area contributed by atoms with Crippen molar-refractivity contribution in [3.05, 3.63) is 83.9 Å². The molecule has 0 unspecified atom stereocenters. The molecule has 0 fully saturated rings. The van der Waals surface area contributed by atoms with Crippen LogP contribution in [0.4, 0.5) is 0 Å². The molecule has 4 N–H and O–H groups in total. The molecule has 0 spiro atoms. The Morgan fingerprint density at radius 1 is 0.750 bits per heavy atom. The van der Waals surface area contributed by atoms with Gasteiger partial charge in [0.1, 0.15) is 6.04 Å². The molecule has 0 radical (unpaired) electrons. The van der Waals surface area contributed by atoms with Crippen LogP contribution in [0.3, 0.4) is 0 Å². The summed E-state index contributed by atoms with van der Waals surface area (Å²) < 4.78 is 0. The largest absolute Gasteiger partial charge is 0.352 e. The number of carbonyl (C=O) groups is 4. The molecule has 0 aromatic heterocycles. The van der Waals surface area contributed by atoms with Gasteiger partial charge in [0, 0.05) is 37.4 Å². The number of nitrogens with one attached hydrogen (secondary N) is 4. The summed E-state index contributed by atoms with van der Waals surface area (Å²) in [6.45, 7) is 7.53. The van der Waals surface area contributed by atoms with Gasteiger partial charge in [0.15, 0.2) is 0 Å². The monoisotopic (exact) mass is 544 g/mol. The van der Waals surface area contributed by atoms with Crippen LogP contribution in [0.2, 0.25) is 0 Å². The van der Waals surface area contributed by atoms with Crippen LogP contribution in [0.15, 0.2) is 72.8 Å². The molecule has 0 aliphatic heterocycles. The highest BCUT2D eigenvalue weighted by Gasteiger charge is 2.24. The number of carbonyl (C=O) groups excluding carboxylic acids is 4. The Hall–Kier alpha value is -4.20. The molecule has 0 heterocycles. The zero-order valence-electron chi connectivity index (χ0n) is 23.8. The highest BCUT2D eigenvalue weighted by Crippen LogP contribution is 2.18. The van der Waals surface area contributed by atoms with Crippen molar-refractivity contribution >= 4 is 34.4 Å². The van der Waals surface area contributed by atoms with E-state index < -0.39 is 23.5 Å². The summed E-state index contributed by atoms with van der Waals surface area (Å²) in [5.74, 6) is -1.26. The molecule has 8 nitrogen and oxygen atoms in total. The fourth-order valence-electron chi connectivity index (χ4n) is 4.44. The highest BCUT2D eigenvalue weighted by molar-refractivity contribution is 5.89. The molecule has 0 aliphatic rings. The van der Waals surface area contributed by atoms with Crippen LogP contribution in [0.25, 0.3) is 10.8 Å². The molecule has 40 heavy (non-hydrogen) atoms. The van der Waals surface area contributed by atoms with Crippen molar-refractivity contribution in [2.24, 2.45) is 0 Å². The van der Waals surface area contributed by atoms with Crippen LogP contribution in [0.5, 0.6) is 0 Å². The number of hydrogen-bond donors (Lipinski definition) is 4. The predicted octanol–water partition coefficient (Wildman–Crippen LogP) is 3.77. The number of fused-ring (bicyclic) bond motifs is 1. The summed E-state index contributed by atoms with van der Waals surface area (Å²) in [5, 5.41) is 13.4. The van der Waals surface area contributed by atoms with E-state index in [9.17, 15) is 19.2 Å². The number of benzene rings is 3. The molecule has 0 saturated heterocycles. The van der Waals surface area contributed by atoms with E-state index in [1.807, 2.05) is 93.6 Å². The summed E-state index contributed by atoms with van der Waals surface area (Å²) in [6.07, 6.45) is 0.600. The van der Waals surface area contributed by atoms with Gasteiger partial charge in [-0.05, 0) is 56.0 Å². The smallest absolute Gasteiger partial charge is 0.242 e. The van der Waals surface area contributed by atoms with E-state index in [1.165, 1.54) is 0 Å². The van der Waals surface area contributed by atoms with Gasteiger partial charge >= 0.3 is 0 Å². The van der Waals surface area contributed by atoms with Crippen molar-refractivity contribution in [1.29, 1.82) is 0 Å². The van der Waals surface area contributed by atoms with Crippen molar-refractivity contribution < 1.29 is 19.2 Å². The molecular formula is C32H40N4O4. The quantitative estimate of drug-likeness (QED) is 0.278. The predicted molar refractivity (Wildman–Crippen MR) is 157 cm³/mol. The number of amides is 4. The van der Waals surface area contributed by atoms with E-state index >= 15 is 0 Å². The van der Waals surface area contributed by atoms with Crippen LogP contribution >= 0.6 is 0 Å². The van der Waals surface area contributed by atoms with E-state index in [2.05, 4.69) is 21.3 Å². The van der Waals surface area contributed by atoms with Gasteiger partial charge in [-0.1, -0.05) is 72.8 Å². The van der Waals surface area contributed by atoms with E-state index in [0.717, 1.165) is 21.9 Å². The maximum atomic E-state index is 12.9. The molecule has 0 saturated carbocycles. The molecule has 3 aromatic rings. The van der Waals surface area contributed by atoms with Crippen LogP contribution in [-0.2, 0) is 32.1 Å². The third-order valence-corrected chi connectivity index (χ3v) is 6.33. The lowest BCUT2D eigenvalue weighted by molar-refractivity contribution is -0.130. The minimum absolute atomic E-state index is 0.0522. The normalized spacial score (nSPS) is 12.7. The van der Waals surface area contributed by atoms with E-state index in [-0.39, 0.29) is 37.0 Å². The summed E-state index contributed by atoms with van der Waals surface area (Å²) >= 11 is 0. The van der Waals surface area contributed by atoms with E-state index in [1.54, 1.807) is 6.92 Å². The van der Waals surface area contributed by atoms with Crippen LogP contribution in [0, 0.1) is 0 Å². The van der Waals surface area contributed by atoms with Gasteiger partial charge in [-0.15, -0.1) is 0 Å². The van der Waals surface area contributed by atoms with Crippen molar-refractivity contribution in [1.82, 2.24) is 21.3 Å². The van der Waals surface area contributed by atoms with E-state index in [4.69, 9.17) is 0 Å². The van der Waals surface area contributed by atoms with Gasteiger partial charge < -0.3 is 21.3 Å². The Labute approximate surface area is 236 Å². The molecule has 2 atom stereocenters. The first kappa shape index (κ1) is 30.3. The second kappa shape index (κ2) is 14.3. The molecule has 0 aliphatic carbocycles. The zero-order valence-corrected chi connectivity index (χ0v) is 23.8. The third kappa shape index (κ3) is 10.2. The summed E-state index contributed by atoms with van der Waals surface area (Å²) in [7, 11) is 0. The molecule has 4 amide bonds. The second-order valence-corrected chi connectivity index (χ2v) is 11.1. The molecule has 3 rings (SSSR count). The zero-order chi connectivity index (χ0) is 29.1. The topological polar surface area (TPSA) is 116 Å². The lowest BCUT2D eigenvalue weighted by Crippen LogP contribution is -2.48. The first-order chi connectivity index (χ1) is 19.0. The van der Waals surface area contributed by atoms with Gasteiger partial charge in [-0.25, -0.2) is 0 Å². The third-order valence-electron chi connectivity index (χ3n) is 6.33. The minimum Gasteiger partial charge on any atom is -0.352 e. The van der Waals surface area contributed by atoms with E-state index in [0.29, 0.717) is 13.0 Å². The molecule has 212 valence electrons. The number of rotatable bonds is 12. The van der Waals surface area contributed by atoms with Gasteiger partial charge in [0.25, 0.3) is 0 Å². The average molecular weight is 545 g/mol.